The average molecular weight is 542 g/mol. The predicted octanol–water partition coefficient (Wildman–Crippen LogP) is 5.86. The van der Waals surface area contributed by atoms with E-state index in [2.05, 4.69) is 5.32 Å². The smallest absolute Gasteiger partial charge is 0.336 e. The molecule has 3 aromatic rings. The Morgan fingerprint density at radius 2 is 1.68 bits per heavy atom. The van der Waals surface area contributed by atoms with Crippen molar-refractivity contribution >= 4 is 52.8 Å². The maximum atomic E-state index is 13.6. The third-order valence-corrected chi connectivity index (χ3v) is 6.63. The summed E-state index contributed by atoms with van der Waals surface area (Å²) in [4.78, 5) is 40.1. The summed E-state index contributed by atoms with van der Waals surface area (Å²) in [5.74, 6) is -0.826. The van der Waals surface area contributed by atoms with E-state index in [1.54, 1.807) is 31.2 Å². The Morgan fingerprint density at radius 3 is 2.38 bits per heavy atom. The van der Waals surface area contributed by atoms with Gasteiger partial charge in [0.05, 0.1) is 34.6 Å². The van der Waals surface area contributed by atoms with Crippen LogP contribution in [0.3, 0.4) is 0 Å². The first-order chi connectivity index (χ1) is 17.7. The number of hydrogen-bond acceptors (Lipinski definition) is 5. The highest BCUT2D eigenvalue weighted by Gasteiger charge is 2.38. The van der Waals surface area contributed by atoms with Gasteiger partial charge in [0, 0.05) is 17.5 Å². The molecular weight excluding hydrogens is 517 g/mol. The summed E-state index contributed by atoms with van der Waals surface area (Å²) < 4.78 is 13.1. The van der Waals surface area contributed by atoms with Crippen molar-refractivity contribution in [2.75, 3.05) is 18.1 Å². The first kappa shape index (κ1) is 26.3. The molecule has 2 heterocycles. The standard InChI is InChI=1S/C27H25Cl2N3O5/c1-5-36-18-10-11-23(37-6-2)22(14-18)32-26(34)19(25(33)30-27(32)35)13-17-12-15(3)31(16(17)4)21-9-7-8-20(28)24(21)29/h7-14H,5-6H2,1-4H3,(H,30,33,35)/b19-13+. The summed E-state index contributed by atoms with van der Waals surface area (Å²) in [5.41, 5.74) is 2.78. The molecule has 0 unspecified atom stereocenters. The fourth-order valence-corrected chi connectivity index (χ4v) is 4.59. The van der Waals surface area contributed by atoms with Crippen molar-refractivity contribution in [3.63, 3.8) is 0 Å². The number of halogens is 2. The number of hydrogen-bond donors (Lipinski definition) is 1. The van der Waals surface area contributed by atoms with Crippen LogP contribution >= 0.6 is 23.2 Å². The molecule has 1 aliphatic heterocycles. The normalized spacial score (nSPS) is 14.8. The zero-order valence-electron chi connectivity index (χ0n) is 20.7. The van der Waals surface area contributed by atoms with E-state index >= 15 is 0 Å². The highest BCUT2D eigenvalue weighted by atomic mass is 35.5. The van der Waals surface area contributed by atoms with Crippen LogP contribution in [0.25, 0.3) is 11.8 Å². The van der Waals surface area contributed by atoms with Gasteiger partial charge in [0.25, 0.3) is 11.8 Å². The fraction of sp³-hybridized carbons (Fsp3) is 0.222. The minimum Gasteiger partial charge on any atom is -0.494 e. The van der Waals surface area contributed by atoms with E-state index in [1.807, 2.05) is 37.5 Å². The van der Waals surface area contributed by atoms with E-state index in [0.717, 1.165) is 16.3 Å². The van der Waals surface area contributed by atoms with Crippen LogP contribution in [-0.4, -0.2) is 35.6 Å². The van der Waals surface area contributed by atoms with Crippen LogP contribution in [0.1, 0.15) is 30.8 Å². The van der Waals surface area contributed by atoms with Gasteiger partial charge in [-0.05, 0) is 69.7 Å². The maximum absolute atomic E-state index is 13.6. The van der Waals surface area contributed by atoms with Crippen molar-refractivity contribution in [3.05, 3.63) is 75.0 Å². The molecule has 1 aliphatic rings. The number of aryl methyl sites for hydroxylation is 1. The van der Waals surface area contributed by atoms with E-state index < -0.39 is 17.8 Å². The number of rotatable bonds is 7. The molecule has 1 saturated heterocycles. The Morgan fingerprint density at radius 1 is 0.946 bits per heavy atom. The molecule has 0 aliphatic carbocycles. The van der Waals surface area contributed by atoms with Crippen molar-refractivity contribution in [2.24, 2.45) is 0 Å². The third-order valence-electron chi connectivity index (χ3n) is 5.83. The number of aromatic nitrogens is 1. The number of urea groups is 1. The Balaban J connectivity index is 1.80. The van der Waals surface area contributed by atoms with Crippen molar-refractivity contribution in [1.82, 2.24) is 9.88 Å². The van der Waals surface area contributed by atoms with Crippen LogP contribution in [0, 0.1) is 13.8 Å². The summed E-state index contributed by atoms with van der Waals surface area (Å²) in [5, 5.41) is 3.04. The number of barbiturate groups is 1. The number of nitrogens with one attached hydrogen (secondary N) is 1. The topological polar surface area (TPSA) is 89.9 Å². The molecule has 4 rings (SSSR count). The lowest BCUT2D eigenvalue weighted by Crippen LogP contribution is -2.54. The summed E-state index contributed by atoms with van der Waals surface area (Å²) in [7, 11) is 0. The Hall–Kier alpha value is -3.75. The molecule has 0 saturated carbocycles. The number of imide groups is 2. The molecule has 1 fully saturated rings. The van der Waals surface area contributed by atoms with Gasteiger partial charge in [0.1, 0.15) is 17.1 Å². The molecule has 8 nitrogen and oxygen atoms in total. The highest BCUT2D eigenvalue weighted by molar-refractivity contribution is 6.43. The number of amides is 4. The summed E-state index contributed by atoms with van der Waals surface area (Å²) >= 11 is 12.7. The summed E-state index contributed by atoms with van der Waals surface area (Å²) in [6, 6.07) is 11.1. The molecule has 0 atom stereocenters. The minimum atomic E-state index is -0.877. The SMILES string of the molecule is CCOc1ccc(OCC)c(N2C(=O)NC(=O)/C(=C\c3cc(C)n(-c4cccc(Cl)c4Cl)c3C)C2=O)c1. The van der Waals surface area contributed by atoms with Crippen LogP contribution in [-0.2, 0) is 9.59 Å². The number of carbonyl (C=O) groups excluding carboxylic acids is 3. The molecule has 0 radical (unpaired) electrons. The van der Waals surface area contributed by atoms with Crippen LogP contribution in [0.5, 0.6) is 11.5 Å². The maximum Gasteiger partial charge on any atom is 0.336 e. The second-order valence-corrected chi connectivity index (χ2v) is 8.97. The molecule has 37 heavy (non-hydrogen) atoms. The lowest BCUT2D eigenvalue weighted by atomic mass is 10.1. The molecule has 192 valence electrons. The number of anilines is 1. The molecule has 0 bridgehead atoms. The Kier molecular flexibility index (Phi) is 7.61. The molecule has 1 aromatic heterocycles. The Bertz CT molecular complexity index is 1440. The monoisotopic (exact) mass is 541 g/mol. The molecule has 0 spiro atoms. The molecule has 10 heteroatoms. The van der Waals surface area contributed by atoms with Crippen LogP contribution in [0.2, 0.25) is 10.0 Å². The van der Waals surface area contributed by atoms with E-state index in [-0.39, 0.29) is 11.3 Å². The van der Waals surface area contributed by atoms with Crippen LogP contribution in [0.4, 0.5) is 10.5 Å². The highest BCUT2D eigenvalue weighted by Crippen LogP contribution is 2.36. The fourth-order valence-electron chi connectivity index (χ4n) is 4.21. The van der Waals surface area contributed by atoms with Gasteiger partial charge in [0.15, 0.2) is 0 Å². The number of nitrogens with zero attached hydrogens (tertiary/aromatic N) is 2. The van der Waals surface area contributed by atoms with Crippen molar-refractivity contribution < 1.29 is 23.9 Å². The molecular formula is C27H25Cl2N3O5. The second-order valence-electron chi connectivity index (χ2n) is 8.19. The lowest BCUT2D eigenvalue weighted by Gasteiger charge is -2.28. The molecule has 1 N–H and O–H groups in total. The number of benzene rings is 2. The van der Waals surface area contributed by atoms with E-state index in [9.17, 15) is 14.4 Å². The van der Waals surface area contributed by atoms with Crippen LogP contribution < -0.4 is 19.7 Å². The van der Waals surface area contributed by atoms with Crippen LogP contribution in [0.15, 0.2) is 48.0 Å². The zero-order chi connectivity index (χ0) is 26.9. The van der Waals surface area contributed by atoms with Gasteiger partial charge in [-0.25, -0.2) is 9.69 Å². The molecule has 2 aromatic carbocycles. The Labute approximate surface area is 224 Å². The number of carbonyl (C=O) groups is 3. The lowest BCUT2D eigenvalue weighted by molar-refractivity contribution is -0.122. The second kappa shape index (κ2) is 10.7. The van der Waals surface area contributed by atoms with Gasteiger partial charge in [-0.1, -0.05) is 29.3 Å². The van der Waals surface area contributed by atoms with Gasteiger partial charge in [-0.3, -0.25) is 14.9 Å². The average Bonchev–Trinajstić information content (AvgIpc) is 3.12. The third kappa shape index (κ3) is 4.95. The predicted molar refractivity (Wildman–Crippen MR) is 143 cm³/mol. The summed E-state index contributed by atoms with van der Waals surface area (Å²) in [6.07, 6.45) is 1.46. The van der Waals surface area contributed by atoms with E-state index in [1.165, 1.54) is 12.1 Å². The summed E-state index contributed by atoms with van der Waals surface area (Å²) in [6.45, 7) is 8.02. The van der Waals surface area contributed by atoms with Gasteiger partial charge in [0.2, 0.25) is 0 Å². The molecule has 4 amide bonds. The van der Waals surface area contributed by atoms with Gasteiger partial charge < -0.3 is 14.0 Å². The largest absolute Gasteiger partial charge is 0.494 e. The number of ether oxygens (including phenoxy) is 2. The van der Waals surface area contributed by atoms with E-state index in [0.29, 0.717) is 46.0 Å². The van der Waals surface area contributed by atoms with E-state index in [4.69, 9.17) is 32.7 Å². The van der Waals surface area contributed by atoms with Gasteiger partial charge in [-0.15, -0.1) is 0 Å². The zero-order valence-corrected chi connectivity index (χ0v) is 22.2. The quantitative estimate of drug-likeness (QED) is 0.298. The first-order valence-corrected chi connectivity index (χ1v) is 12.4. The minimum absolute atomic E-state index is 0.171. The first-order valence-electron chi connectivity index (χ1n) is 11.6. The van der Waals surface area contributed by atoms with Gasteiger partial charge >= 0.3 is 6.03 Å². The van der Waals surface area contributed by atoms with Crippen molar-refractivity contribution in [2.45, 2.75) is 27.7 Å². The van der Waals surface area contributed by atoms with Gasteiger partial charge in [-0.2, -0.15) is 0 Å². The van der Waals surface area contributed by atoms with Crippen molar-refractivity contribution in [3.8, 4) is 17.2 Å². The van der Waals surface area contributed by atoms with Crippen molar-refractivity contribution in [1.29, 1.82) is 0 Å².